The molecule has 1 aromatic carbocycles. The number of carbonyl (C=O) groups is 1. The molecular weight excluding hydrogens is 296 g/mol. The zero-order valence-electron chi connectivity index (χ0n) is 13.0. The second kappa shape index (κ2) is 6.44. The van der Waals surface area contributed by atoms with Crippen LogP contribution in [-0.4, -0.2) is 46.6 Å². The van der Waals surface area contributed by atoms with Crippen molar-refractivity contribution < 1.29 is 4.79 Å². The number of rotatable bonds is 3. The average Bonchev–Trinajstić information content (AvgIpc) is 3.03. The van der Waals surface area contributed by atoms with Crippen molar-refractivity contribution in [3.05, 3.63) is 40.4 Å². The van der Waals surface area contributed by atoms with Crippen molar-refractivity contribution in [2.24, 2.45) is 0 Å². The number of aromatic nitrogens is 2. The topological polar surface area (TPSA) is 49.3 Å². The van der Waals surface area contributed by atoms with Crippen molar-refractivity contribution in [1.29, 1.82) is 0 Å². The molecule has 5 nitrogen and oxygen atoms in total. The number of carbonyl (C=O) groups excluding carboxylic acids is 1. The number of hydrogen-bond donors (Lipinski definition) is 0. The van der Waals surface area contributed by atoms with E-state index in [0.29, 0.717) is 4.88 Å². The molecule has 0 spiro atoms. The lowest BCUT2D eigenvalue weighted by atomic mass is 10.2. The van der Waals surface area contributed by atoms with Crippen molar-refractivity contribution in [2.75, 3.05) is 31.1 Å². The first-order valence-corrected chi connectivity index (χ1v) is 8.38. The zero-order valence-corrected chi connectivity index (χ0v) is 13.8. The zero-order chi connectivity index (χ0) is 15.5. The van der Waals surface area contributed by atoms with Crippen LogP contribution >= 0.6 is 11.5 Å². The summed E-state index contributed by atoms with van der Waals surface area (Å²) in [7, 11) is 0. The second-order valence-corrected chi connectivity index (χ2v) is 6.27. The SMILES string of the molecule is CCc1nnsc1C(=O)N1CCN(c2cccc(C)c2)CC1. The maximum Gasteiger partial charge on any atom is 0.267 e. The summed E-state index contributed by atoms with van der Waals surface area (Å²) in [5, 5.41) is 4.03. The highest BCUT2D eigenvalue weighted by atomic mass is 32.1. The van der Waals surface area contributed by atoms with E-state index in [4.69, 9.17) is 0 Å². The summed E-state index contributed by atoms with van der Waals surface area (Å²) in [5.41, 5.74) is 3.32. The molecule has 0 radical (unpaired) electrons. The van der Waals surface area contributed by atoms with E-state index in [1.54, 1.807) is 0 Å². The molecule has 2 heterocycles. The minimum atomic E-state index is 0.0794. The van der Waals surface area contributed by atoms with Crippen LogP contribution in [0.3, 0.4) is 0 Å². The van der Waals surface area contributed by atoms with Gasteiger partial charge in [-0.15, -0.1) is 5.10 Å². The van der Waals surface area contributed by atoms with Gasteiger partial charge in [0.25, 0.3) is 5.91 Å². The fourth-order valence-electron chi connectivity index (χ4n) is 2.74. The van der Waals surface area contributed by atoms with Crippen molar-refractivity contribution >= 4 is 23.1 Å². The van der Waals surface area contributed by atoms with Gasteiger partial charge in [0.05, 0.1) is 5.69 Å². The van der Waals surface area contributed by atoms with Crippen LogP contribution in [0.5, 0.6) is 0 Å². The van der Waals surface area contributed by atoms with Crippen LogP contribution in [0, 0.1) is 6.92 Å². The van der Waals surface area contributed by atoms with Crippen molar-refractivity contribution in [1.82, 2.24) is 14.5 Å². The lowest BCUT2D eigenvalue weighted by Gasteiger charge is -2.36. The van der Waals surface area contributed by atoms with Gasteiger partial charge in [0.2, 0.25) is 0 Å². The maximum absolute atomic E-state index is 12.6. The summed E-state index contributed by atoms with van der Waals surface area (Å²) in [4.78, 5) is 17.5. The lowest BCUT2D eigenvalue weighted by Crippen LogP contribution is -2.48. The standard InChI is InChI=1S/C16H20N4OS/c1-3-14-15(22-18-17-14)16(21)20-9-7-19(8-10-20)13-6-4-5-12(2)11-13/h4-6,11H,3,7-10H2,1-2H3. The van der Waals surface area contributed by atoms with Crippen LogP contribution in [0.2, 0.25) is 0 Å². The summed E-state index contributed by atoms with van der Waals surface area (Å²) in [6, 6.07) is 8.51. The third kappa shape index (κ3) is 2.97. The van der Waals surface area contributed by atoms with Gasteiger partial charge >= 0.3 is 0 Å². The summed E-state index contributed by atoms with van der Waals surface area (Å²) in [6.07, 6.45) is 0.751. The Kier molecular flexibility index (Phi) is 4.38. The van der Waals surface area contributed by atoms with Crippen LogP contribution in [0.1, 0.15) is 27.9 Å². The van der Waals surface area contributed by atoms with E-state index in [9.17, 15) is 4.79 Å². The highest BCUT2D eigenvalue weighted by molar-refractivity contribution is 7.08. The minimum Gasteiger partial charge on any atom is -0.368 e. The Morgan fingerprint density at radius 1 is 1.27 bits per heavy atom. The largest absolute Gasteiger partial charge is 0.368 e. The lowest BCUT2D eigenvalue weighted by molar-refractivity contribution is 0.0750. The highest BCUT2D eigenvalue weighted by Crippen LogP contribution is 2.20. The normalized spacial score (nSPS) is 15.2. The first kappa shape index (κ1) is 15.0. The van der Waals surface area contributed by atoms with E-state index in [0.717, 1.165) is 38.3 Å². The number of piperazine rings is 1. The molecular formula is C16H20N4OS. The third-order valence-electron chi connectivity index (χ3n) is 4.02. The molecule has 0 N–H and O–H groups in total. The molecule has 0 unspecified atom stereocenters. The van der Waals surface area contributed by atoms with Crippen molar-refractivity contribution in [3.8, 4) is 0 Å². The van der Waals surface area contributed by atoms with Gasteiger partial charge in [-0.1, -0.05) is 23.5 Å². The molecule has 1 aromatic heterocycles. The van der Waals surface area contributed by atoms with E-state index >= 15 is 0 Å². The van der Waals surface area contributed by atoms with Gasteiger partial charge in [-0.3, -0.25) is 4.79 Å². The summed E-state index contributed by atoms with van der Waals surface area (Å²) >= 11 is 1.21. The van der Waals surface area contributed by atoms with E-state index in [2.05, 4.69) is 45.7 Å². The molecule has 0 atom stereocenters. The molecule has 1 fully saturated rings. The van der Waals surface area contributed by atoms with Crippen molar-refractivity contribution in [3.63, 3.8) is 0 Å². The molecule has 1 amide bonds. The second-order valence-electron chi connectivity index (χ2n) is 5.52. The van der Waals surface area contributed by atoms with Crippen LogP contribution < -0.4 is 4.90 Å². The Morgan fingerprint density at radius 3 is 2.73 bits per heavy atom. The molecule has 1 aliphatic rings. The monoisotopic (exact) mass is 316 g/mol. The van der Waals surface area contributed by atoms with E-state index in [1.807, 2.05) is 11.8 Å². The molecule has 6 heteroatoms. The van der Waals surface area contributed by atoms with Crippen LogP contribution in [0.15, 0.2) is 24.3 Å². The Bertz CT molecular complexity index is 662. The Labute approximate surface area is 134 Å². The van der Waals surface area contributed by atoms with Crippen LogP contribution in [0.25, 0.3) is 0 Å². The molecule has 3 rings (SSSR count). The average molecular weight is 316 g/mol. The smallest absolute Gasteiger partial charge is 0.267 e. The number of aryl methyl sites for hydroxylation is 2. The van der Waals surface area contributed by atoms with Gasteiger partial charge in [0, 0.05) is 31.9 Å². The van der Waals surface area contributed by atoms with E-state index in [1.165, 1.54) is 22.8 Å². The first-order chi connectivity index (χ1) is 10.7. The molecule has 22 heavy (non-hydrogen) atoms. The van der Waals surface area contributed by atoms with Gasteiger partial charge in [0.1, 0.15) is 4.88 Å². The number of hydrogen-bond acceptors (Lipinski definition) is 5. The quantitative estimate of drug-likeness (QED) is 0.872. The molecule has 0 saturated carbocycles. The molecule has 1 aliphatic heterocycles. The summed E-state index contributed by atoms with van der Waals surface area (Å²) in [5.74, 6) is 0.0794. The van der Waals surface area contributed by atoms with E-state index < -0.39 is 0 Å². The van der Waals surface area contributed by atoms with Crippen LogP contribution in [0.4, 0.5) is 5.69 Å². The first-order valence-electron chi connectivity index (χ1n) is 7.61. The number of benzene rings is 1. The Hall–Kier alpha value is -1.95. The van der Waals surface area contributed by atoms with Gasteiger partial charge in [0.15, 0.2) is 0 Å². The van der Waals surface area contributed by atoms with Crippen molar-refractivity contribution in [2.45, 2.75) is 20.3 Å². The molecule has 1 saturated heterocycles. The fraction of sp³-hybridized carbons (Fsp3) is 0.438. The number of amides is 1. The third-order valence-corrected chi connectivity index (χ3v) is 4.77. The van der Waals surface area contributed by atoms with Gasteiger partial charge in [-0.2, -0.15) is 0 Å². The van der Waals surface area contributed by atoms with E-state index in [-0.39, 0.29) is 5.91 Å². The molecule has 2 aromatic rings. The predicted molar refractivity (Wildman–Crippen MR) is 88.6 cm³/mol. The highest BCUT2D eigenvalue weighted by Gasteiger charge is 2.25. The summed E-state index contributed by atoms with van der Waals surface area (Å²) in [6.45, 7) is 7.32. The van der Waals surface area contributed by atoms with Gasteiger partial charge < -0.3 is 9.80 Å². The predicted octanol–water partition coefficient (Wildman–Crippen LogP) is 2.37. The van der Waals surface area contributed by atoms with Crippen LogP contribution in [-0.2, 0) is 6.42 Å². The molecule has 0 bridgehead atoms. The van der Waals surface area contributed by atoms with Gasteiger partial charge in [-0.25, -0.2) is 0 Å². The van der Waals surface area contributed by atoms with Gasteiger partial charge in [-0.05, 0) is 42.6 Å². The maximum atomic E-state index is 12.6. The molecule has 0 aliphatic carbocycles. The minimum absolute atomic E-state index is 0.0794. The number of anilines is 1. The Morgan fingerprint density at radius 2 is 2.05 bits per heavy atom. The molecule has 116 valence electrons. The fourth-order valence-corrected chi connectivity index (χ4v) is 3.46. The Balaban J connectivity index is 1.65. The summed E-state index contributed by atoms with van der Waals surface area (Å²) < 4.78 is 3.91. The number of nitrogens with zero attached hydrogens (tertiary/aromatic N) is 4.